The van der Waals surface area contributed by atoms with Crippen molar-refractivity contribution in [1.82, 2.24) is 9.97 Å². The molecule has 2 heterocycles. The van der Waals surface area contributed by atoms with Crippen molar-refractivity contribution in [2.45, 2.75) is 76.8 Å². The van der Waals surface area contributed by atoms with Gasteiger partial charge in [0.15, 0.2) is 0 Å². The third kappa shape index (κ3) is 6.22. The standard InChI is InChI=1S/C33H38N4O3S/c1-7-10-27-31(23-15-17-24(18-16-23)33(4,5)6)40-29-20-28(30-21(2)11-8-12-22(30)3)35-32(36-29)37-41(38,39)26-14-9-13-25(19-26)34-27/h8-9,11-20,27,31,34H,7,10H2,1-6H3,(H,35,36,37)/t27-,31+/m1/s1. The molecule has 214 valence electrons. The largest absolute Gasteiger partial charge is 0.467 e. The first-order valence-corrected chi connectivity index (χ1v) is 15.5. The summed E-state index contributed by atoms with van der Waals surface area (Å²) in [7, 11) is -3.95. The molecule has 0 fully saturated rings. The van der Waals surface area contributed by atoms with Crippen LogP contribution in [-0.4, -0.2) is 24.4 Å². The van der Waals surface area contributed by atoms with Gasteiger partial charge in [0.1, 0.15) is 6.10 Å². The summed E-state index contributed by atoms with van der Waals surface area (Å²) in [5.41, 5.74) is 6.53. The van der Waals surface area contributed by atoms with Gasteiger partial charge in [0.25, 0.3) is 10.0 Å². The van der Waals surface area contributed by atoms with Gasteiger partial charge in [0, 0.05) is 17.3 Å². The first-order valence-electron chi connectivity index (χ1n) is 14.1. The van der Waals surface area contributed by atoms with Crippen LogP contribution in [0.25, 0.3) is 11.3 Å². The van der Waals surface area contributed by atoms with Gasteiger partial charge in [-0.3, -0.25) is 0 Å². The zero-order chi connectivity index (χ0) is 29.4. The second kappa shape index (κ2) is 11.2. The van der Waals surface area contributed by atoms with Crippen molar-refractivity contribution in [3.05, 3.63) is 95.1 Å². The number of anilines is 2. The van der Waals surface area contributed by atoms with Crippen molar-refractivity contribution in [3.8, 4) is 17.1 Å². The fourth-order valence-electron chi connectivity index (χ4n) is 5.32. The van der Waals surface area contributed by atoms with E-state index in [1.165, 1.54) is 5.56 Å². The Hall–Kier alpha value is -3.91. The fraction of sp³-hybridized carbons (Fsp3) is 0.333. The number of rotatable bonds is 4. The summed E-state index contributed by atoms with van der Waals surface area (Å²) < 4.78 is 36.2. The van der Waals surface area contributed by atoms with E-state index in [4.69, 9.17) is 4.74 Å². The Morgan fingerprint density at radius 1 is 0.902 bits per heavy atom. The van der Waals surface area contributed by atoms with Crippen LogP contribution in [0.3, 0.4) is 0 Å². The summed E-state index contributed by atoms with van der Waals surface area (Å²) in [6.45, 7) is 12.7. The maximum absolute atomic E-state index is 13.4. The first-order chi connectivity index (χ1) is 19.4. The molecule has 0 amide bonds. The maximum Gasteiger partial charge on any atom is 0.264 e. The van der Waals surface area contributed by atoms with Gasteiger partial charge in [-0.05, 0) is 66.1 Å². The molecule has 4 aromatic rings. The average Bonchev–Trinajstić information content (AvgIpc) is 2.90. The predicted molar refractivity (Wildman–Crippen MR) is 165 cm³/mol. The normalized spacial score (nSPS) is 18.2. The lowest BCUT2D eigenvalue weighted by molar-refractivity contribution is 0.169. The predicted octanol–water partition coefficient (Wildman–Crippen LogP) is 7.57. The monoisotopic (exact) mass is 570 g/mol. The lowest BCUT2D eigenvalue weighted by Crippen LogP contribution is -2.32. The average molecular weight is 571 g/mol. The second-order valence-electron chi connectivity index (χ2n) is 11.8. The van der Waals surface area contributed by atoms with E-state index in [0.29, 0.717) is 17.3 Å². The minimum atomic E-state index is -3.95. The van der Waals surface area contributed by atoms with Crippen molar-refractivity contribution in [2.75, 3.05) is 10.0 Å². The van der Waals surface area contributed by atoms with Crippen LogP contribution in [0, 0.1) is 13.8 Å². The Bertz CT molecular complexity index is 1640. The van der Waals surface area contributed by atoms with Crippen LogP contribution in [0.15, 0.2) is 77.7 Å². The fourth-order valence-corrected chi connectivity index (χ4v) is 6.31. The molecular formula is C33H38N4O3S. The molecule has 3 aromatic carbocycles. The SMILES string of the molecule is CCC[C@H]1Nc2cccc(c2)S(=O)(=O)Nc2nc(cc(-c3c(C)cccc3C)n2)O[C@H]1c1ccc(C(C)(C)C)cc1. The molecule has 0 unspecified atom stereocenters. The molecule has 0 saturated carbocycles. The maximum atomic E-state index is 13.4. The molecule has 2 atom stereocenters. The van der Waals surface area contributed by atoms with Crippen molar-refractivity contribution in [2.24, 2.45) is 0 Å². The second-order valence-corrected chi connectivity index (χ2v) is 13.4. The van der Waals surface area contributed by atoms with Crippen LogP contribution >= 0.6 is 0 Å². The molecular weight excluding hydrogens is 532 g/mol. The summed E-state index contributed by atoms with van der Waals surface area (Å²) in [5, 5.41) is 3.58. The summed E-state index contributed by atoms with van der Waals surface area (Å²) >= 11 is 0. The number of sulfonamides is 1. The summed E-state index contributed by atoms with van der Waals surface area (Å²) in [5.74, 6) is 0.264. The van der Waals surface area contributed by atoms with Crippen LogP contribution in [0.5, 0.6) is 5.88 Å². The number of aryl methyl sites for hydroxylation is 2. The zero-order valence-electron chi connectivity index (χ0n) is 24.5. The number of nitrogens with one attached hydrogen (secondary N) is 2. The summed E-state index contributed by atoms with van der Waals surface area (Å²) in [6, 6.07) is 23.0. The van der Waals surface area contributed by atoms with Gasteiger partial charge in [-0.25, -0.2) is 18.1 Å². The van der Waals surface area contributed by atoms with Gasteiger partial charge in [-0.2, -0.15) is 4.98 Å². The van der Waals surface area contributed by atoms with Gasteiger partial charge in [0.05, 0.1) is 16.6 Å². The molecule has 0 aliphatic carbocycles. The van der Waals surface area contributed by atoms with Gasteiger partial charge in [-0.1, -0.05) is 82.6 Å². The smallest absolute Gasteiger partial charge is 0.264 e. The van der Waals surface area contributed by atoms with Gasteiger partial charge in [-0.15, -0.1) is 0 Å². The Morgan fingerprint density at radius 2 is 1.59 bits per heavy atom. The third-order valence-electron chi connectivity index (χ3n) is 7.48. The molecule has 0 saturated heterocycles. The van der Waals surface area contributed by atoms with E-state index >= 15 is 0 Å². The van der Waals surface area contributed by atoms with Crippen molar-refractivity contribution in [1.29, 1.82) is 0 Å². The van der Waals surface area contributed by atoms with Crippen LogP contribution < -0.4 is 14.8 Å². The molecule has 1 aromatic heterocycles. The van der Waals surface area contributed by atoms with Gasteiger partial charge in [0.2, 0.25) is 11.8 Å². The van der Waals surface area contributed by atoms with E-state index < -0.39 is 16.1 Å². The molecule has 0 spiro atoms. The number of benzene rings is 3. The van der Waals surface area contributed by atoms with E-state index in [-0.39, 0.29) is 22.3 Å². The molecule has 41 heavy (non-hydrogen) atoms. The number of aromatic nitrogens is 2. The third-order valence-corrected chi connectivity index (χ3v) is 8.81. The van der Waals surface area contributed by atoms with Crippen LogP contribution in [0.1, 0.15) is 68.9 Å². The Morgan fingerprint density at radius 3 is 2.24 bits per heavy atom. The topological polar surface area (TPSA) is 93.2 Å². The Balaban J connectivity index is 1.71. The minimum absolute atomic E-state index is 0.0203. The molecule has 4 bridgehead atoms. The van der Waals surface area contributed by atoms with Crippen LogP contribution in [-0.2, 0) is 15.4 Å². The number of nitrogens with zero attached hydrogens (tertiary/aromatic N) is 2. The number of hydrogen-bond acceptors (Lipinski definition) is 6. The van der Waals surface area contributed by atoms with E-state index in [1.54, 1.807) is 24.3 Å². The highest BCUT2D eigenvalue weighted by Crippen LogP contribution is 2.35. The molecule has 8 heteroatoms. The molecule has 0 radical (unpaired) electrons. The highest BCUT2D eigenvalue weighted by Gasteiger charge is 2.29. The molecule has 1 aliphatic heterocycles. The summed E-state index contributed by atoms with van der Waals surface area (Å²) in [6.07, 6.45) is 1.29. The quantitative estimate of drug-likeness (QED) is 0.263. The van der Waals surface area contributed by atoms with Gasteiger partial charge < -0.3 is 10.1 Å². The summed E-state index contributed by atoms with van der Waals surface area (Å²) in [4.78, 5) is 9.35. The lowest BCUT2D eigenvalue weighted by Gasteiger charge is -2.31. The molecule has 2 N–H and O–H groups in total. The van der Waals surface area contributed by atoms with E-state index in [1.807, 2.05) is 38.1 Å². The van der Waals surface area contributed by atoms with Crippen LogP contribution in [0.4, 0.5) is 11.6 Å². The Kier molecular flexibility index (Phi) is 7.79. The van der Waals surface area contributed by atoms with Crippen molar-refractivity contribution < 1.29 is 13.2 Å². The lowest BCUT2D eigenvalue weighted by atomic mass is 9.86. The molecule has 1 aliphatic rings. The number of hydrogen-bond donors (Lipinski definition) is 2. The van der Waals surface area contributed by atoms with E-state index in [2.05, 4.69) is 72.0 Å². The molecule has 5 rings (SSSR count). The highest BCUT2D eigenvalue weighted by atomic mass is 32.2. The Labute approximate surface area is 243 Å². The number of fused-ring (bicyclic) bond motifs is 4. The highest BCUT2D eigenvalue weighted by molar-refractivity contribution is 7.92. The van der Waals surface area contributed by atoms with Crippen molar-refractivity contribution >= 4 is 21.7 Å². The first kappa shape index (κ1) is 28.6. The number of ether oxygens (including phenoxy) is 1. The minimum Gasteiger partial charge on any atom is -0.467 e. The van der Waals surface area contributed by atoms with E-state index in [0.717, 1.165) is 35.1 Å². The van der Waals surface area contributed by atoms with Gasteiger partial charge >= 0.3 is 0 Å². The van der Waals surface area contributed by atoms with Crippen LogP contribution in [0.2, 0.25) is 0 Å². The van der Waals surface area contributed by atoms with E-state index in [9.17, 15) is 8.42 Å². The molecule has 7 nitrogen and oxygen atoms in total. The zero-order valence-corrected chi connectivity index (χ0v) is 25.3. The van der Waals surface area contributed by atoms with Crippen molar-refractivity contribution in [3.63, 3.8) is 0 Å².